The molecule has 1 saturated heterocycles. The molecule has 6 heteroatoms. The first-order chi connectivity index (χ1) is 12.2. The largest absolute Gasteiger partial charge is 0.370 e. The van der Waals surface area contributed by atoms with Crippen LogP contribution in [0.15, 0.2) is 24.3 Å². The molecular weight excluding hydrogens is 319 g/mol. The quantitative estimate of drug-likeness (QED) is 0.921. The predicted octanol–water partition coefficient (Wildman–Crippen LogP) is 2.02. The van der Waals surface area contributed by atoms with Gasteiger partial charge in [-0.2, -0.15) is 0 Å². The number of hydrogen-bond donors (Lipinski definition) is 1. The van der Waals surface area contributed by atoms with E-state index in [1.54, 1.807) is 12.1 Å². The van der Waals surface area contributed by atoms with Gasteiger partial charge in [-0.1, -0.05) is 18.2 Å². The Bertz CT molecular complexity index is 761. The van der Waals surface area contributed by atoms with E-state index in [1.165, 1.54) is 17.3 Å². The predicted molar refractivity (Wildman–Crippen MR) is 94.2 cm³/mol. The van der Waals surface area contributed by atoms with Crippen molar-refractivity contribution in [2.75, 3.05) is 31.1 Å². The zero-order valence-electron chi connectivity index (χ0n) is 14.5. The number of rotatable bonds is 4. The SMILES string of the molecule is Cc1nc2c(c(N3CC(OCc4ccccc4F)C3)n1)CCNCC2. The van der Waals surface area contributed by atoms with Crippen molar-refractivity contribution in [3.05, 3.63) is 52.7 Å². The standard InChI is InChI=1S/C19H23FN4O/c1-13-22-18-7-9-21-8-6-16(18)19(23-13)24-10-15(11-24)25-12-14-4-2-3-5-17(14)20/h2-5,15,21H,6-12H2,1H3. The van der Waals surface area contributed by atoms with E-state index in [1.807, 2.05) is 13.0 Å². The molecule has 0 bridgehead atoms. The molecule has 1 aromatic carbocycles. The third kappa shape index (κ3) is 3.50. The van der Waals surface area contributed by atoms with E-state index in [0.29, 0.717) is 12.2 Å². The molecule has 2 aromatic rings. The van der Waals surface area contributed by atoms with Gasteiger partial charge in [-0.3, -0.25) is 0 Å². The second-order valence-corrected chi connectivity index (χ2v) is 6.70. The minimum atomic E-state index is -0.206. The van der Waals surface area contributed by atoms with Gasteiger partial charge in [0.05, 0.1) is 18.4 Å². The average molecular weight is 342 g/mol. The van der Waals surface area contributed by atoms with Crippen LogP contribution >= 0.6 is 0 Å². The summed E-state index contributed by atoms with van der Waals surface area (Å²) in [5.74, 6) is 1.67. The summed E-state index contributed by atoms with van der Waals surface area (Å²) in [5.41, 5.74) is 3.05. The third-order valence-electron chi connectivity index (χ3n) is 4.85. The summed E-state index contributed by atoms with van der Waals surface area (Å²) in [7, 11) is 0. The van der Waals surface area contributed by atoms with Crippen LogP contribution in [0.1, 0.15) is 22.6 Å². The zero-order chi connectivity index (χ0) is 17.2. The number of ether oxygens (including phenoxy) is 1. The minimum Gasteiger partial charge on any atom is -0.370 e. The van der Waals surface area contributed by atoms with E-state index in [-0.39, 0.29) is 11.9 Å². The molecule has 132 valence electrons. The van der Waals surface area contributed by atoms with Crippen LogP contribution in [0.5, 0.6) is 0 Å². The molecule has 0 spiro atoms. The highest BCUT2D eigenvalue weighted by molar-refractivity contribution is 5.52. The highest BCUT2D eigenvalue weighted by Crippen LogP contribution is 2.28. The Morgan fingerprint density at radius 1 is 1.20 bits per heavy atom. The van der Waals surface area contributed by atoms with Crippen LogP contribution in [0.3, 0.4) is 0 Å². The molecule has 0 radical (unpaired) electrons. The number of hydrogen-bond acceptors (Lipinski definition) is 5. The van der Waals surface area contributed by atoms with Crippen molar-refractivity contribution in [1.82, 2.24) is 15.3 Å². The molecule has 4 rings (SSSR count). The fourth-order valence-corrected chi connectivity index (χ4v) is 3.45. The third-order valence-corrected chi connectivity index (χ3v) is 4.85. The number of aromatic nitrogens is 2. The smallest absolute Gasteiger partial charge is 0.135 e. The van der Waals surface area contributed by atoms with Gasteiger partial charge in [0.15, 0.2) is 0 Å². The van der Waals surface area contributed by atoms with E-state index < -0.39 is 0 Å². The molecule has 1 N–H and O–H groups in total. The number of nitrogens with one attached hydrogen (secondary N) is 1. The van der Waals surface area contributed by atoms with Crippen LogP contribution in [0.2, 0.25) is 0 Å². The number of benzene rings is 1. The molecule has 25 heavy (non-hydrogen) atoms. The first-order valence-electron chi connectivity index (χ1n) is 8.88. The van der Waals surface area contributed by atoms with Gasteiger partial charge in [0, 0.05) is 37.2 Å². The van der Waals surface area contributed by atoms with Crippen molar-refractivity contribution in [1.29, 1.82) is 0 Å². The molecule has 2 aliphatic heterocycles. The molecule has 2 aliphatic rings. The molecule has 0 saturated carbocycles. The fourth-order valence-electron chi connectivity index (χ4n) is 3.45. The lowest BCUT2D eigenvalue weighted by molar-refractivity contribution is 0.0207. The van der Waals surface area contributed by atoms with E-state index in [9.17, 15) is 4.39 Å². The molecule has 5 nitrogen and oxygen atoms in total. The van der Waals surface area contributed by atoms with Gasteiger partial charge in [-0.05, 0) is 26.0 Å². The summed E-state index contributed by atoms with van der Waals surface area (Å²) in [6.07, 6.45) is 2.03. The van der Waals surface area contributed by atoms with Crippen molar-refractivity contribution in [3.8, 4) is 0 Å². The average Bonchev–Trinajstić information content (AvgIpc) is 2.80. The molecule has 3 heterocycles. The van der Waals surface area contributed by atoms with Crippen molar-refractivity contribution in [2.24, 2.45) is 0 Å². The Hall–Kier alpha value is -2.05. The molecule has 0 aliphatic carbocycles. The normalized spacial score (nSPS) is 17.8. The van der Waals surface area contributed by atoms with Crippen molar-refractivity contribution < 1.29 is 9.13 Å². The summed E-state index contributed by atoms with van der Waals surface area (Å²) in [4.78, 5) is 11.6. The lowest BCUT2D eigenvalue weighted by Crippen LogP contribution is -2.53. The first-order valence-corrected chi connectivity index (χ1v) is 8.88. The van der Waals surface area contributed by atoms with Gasteiger partial charge in [0.1, 0.15) is 17.5 Å². The Morgan fingerprint density at radius 2 is 2.00 bits per heavy atom. The lowest BCUT2D eigenvalue weighted by atomic mass is 10.1. The number of nitrogens with zero attached hydrogens (tertiary/aromatic N) is 3. The van der Waals surface area contributed by atoms with Gasteiger partial charge < -0.3 is 15.0 Å². The van der Waals surface area contributed by atoms with Crippen molar-refractivity contribution in [2.45, 2.75) is 32.5 Å². The second kappa shape index (κ2) is 7.06. The summed E-state index contributed by atoms with van der Waals surface area (Å²) in [6.45, 7) is 5.80. The van der Waals surface area contributed by atoms with Crippen LogP contribution < -0.4 is 10.2 Å². The second-order valence-electron chi connectivity index (χ2n) is 6.70. The van der Waals surface area contributed by atoms with Crippen LogP contribution in [0.4, 0.5) is 10.2 Å². The van der Waals surface area contributed by atoms with E-state index in [2.05, 4.69) is 20.2 Å². The number of halogens is 1. The van der Waals surface area contributed by atoms with Gasteiger partial charge in [-0.15, -0.1) is 0 Å². The Balaban J connectivity index is 1.41. The molecule has 0 atom stereocenters. The molecule has 0 unspecified atom stereocenters. The minimum absolute atomic E-state index is 0.120. The monoisotopic (exact) mass is 342 g/mol. The van der Waals surface area contributed by atoms with Crippen LogP contribution in [0.25, 0.3) is 0 Å². The Morgan fingerprint density at radius 3 is 2.84 bits per heavy atom. The van der Waals surface area contributed by atoms with Gasteiger partial charge in [-0.25, -0.2) is 14.4 Å². The topological polar surface area (TPSA) is 50.3 Å². The molecular formula is C19H23FN4O. The van der Waals surface area contributed by atoms with E-state index >= 15 is 0 Å². The first kappa shape index (κ1) is 16.4. The number of anilines is 1. The van der Waals surface area contributed by atoms with Crippen LogP contribution in [-0.2, 0) is 24.2 Å². The number of aryl methyl sites for hydroxylation is 1. The highest BCUT2D eigenvalue weighted by Gasteiger charge is 2.31. The fraction of sp³-hybridized carbons (Fsp3) is 0.474. The van der Waals surface area contributed by atoms with Crippen molar-refractivity contribution >= 4 is 5.82 Å². The van der Waals surface area contributed by atoms with Gasteiger partial charge >= 0.3 is 0 Å². The van der Waals surface area contributed by atoms with Crippen molar-refractivity contribution in [3.63, 3.8) is 0 Å². The van der Waals surface area contributed by atoms with Gasteiger partial charge in [0.25, 0.3) is 0 Å². The molecule has 1 aromatic heterocycles. The molecule has 0 amide bonds. The lowest BCUT2D eigenvalue weighted by Gasteiger charge is -2.41. The zero-order valence-corrected chi connectivity index (χ0v) is 14.5. The summed E-state index contributed by atoms with van der Waals surface area (Å²) in [5, 5.41) is 3.42. The van der Waals surface area contributed by atoms with E-state index in [0.717, 1.165) is 50.7 Å². The maximum absolute atomic E-state index is 13.7. The molecule has 1 fully saturated rings. The summed E-state index contributed by atoms with van der Waals surface area (Å²) in [6, 6.07) is 6.77. The van der Waals surface area contributed by atoms with Crippen LogP contribution in [0, 0.1) is 12.7 Å². The highest BCUT2D eigenvalue weighted by atomic mass is 19.1. The maximum atomic E-state index is 13.7. The van der Waals surface area contributed by atoms with E-state index in [4.69, 9.17) is 4.74 Å². The number of fused-ring (bicyclic) bond motifs is 1. The van der Waals surface area contributed by atoms with Gasteiger partial charge in [0.2, 0.25) is 0 Å². The van der Waals surface area contributed by atoms with Crippen LogP contribution in [-0.4, -0.2) is 42.3 Å². The Labute approximate surface area is 147 Å². The summed E-state index contributed by atoms with van der Waals surface area (Å²) >= 11 is 0. The summed E-state index contributed by atoms with van der Waals surface area (Å²) < 4.78 is 19.5. The Kier molecular flexibility index (Phi) is 4.63. The maximum Gasteiger partial charge on any atom is 0.135 e.